The summed E-state index contributed by atoms with van der Waals surface area (Å²) in [5, 5.41) is 3.22. The summed E-state index contributed by atoms with van der Waals surface area (Å²) in [7, 11) is 1.51. The minimum atomic E-state index is -0.154. The number of hydrogen-bond acceptors (Lipinski definition) is 4. The first kappa shape index (κ1) is 9.21. The average molecular weight is 195 g/mol. The van der Waals surface area contributed by atoms with E-state index in [0.717, 1.165) is 25.3 Å². The van der Waals surface area contributed by atoms with E-state index >= 15 is 0 Å². The van der Waals surface area contributed by atoms with Gasteiger partial charge in [0.1, 0.15) is 5.82 Å². The van der Waals surface area contributed by atoms with E-state index in [1.807, 2.05) is 0 Å². The lowest BCUT2D eigenvalue weighted by Crippen LogP contribution is -2.16. The highest BCUT2D eigenvalue weighted by Gasteiger charge is 2.19. The van der Waals surface area contributed by atoms with E-state index in [1.54, 1.807) is 0 Å². The molecule has 1 aliphatic heterocycles. The molecule has 1 fully saturated rings. The normalized spacial score (nSPS) is 21.1. The molecule has 1 aromatic heterocycles. The first-order valence-electron chi connectivity index (χ1n) is 4.65. The average Bonchev–Trinajstić information content (AvgIpc) is 2.69. The van der Waals surface area contributed by atoms with E-state index in [-0.39, 0.29) is 5.56 Å². The predicted octanol–water partition coefficient (Wildman–Crippen LogP) is -0.145. The van der Waals surface area contributed by atoms with Gasteiger partial charge in [0.15, 0.2) is 0 Å². The molecule has 0 saturated carbocycles. The Morgan fingerprint density at radius 3 is 3.14 bits per heavy atom. The summed E-state index contributed by atoms with van der Waals surface area (Å²) in [4.78, 5) is 18.2. The number of aromatic nitrogens is 2. The molecule has 2 N–H and O–H groups in total. The molecule has 2 rings (SSSR count). The fourth-order valence-electron chi connectivity index (χ4n) is 1.64. The standard InChI is InChI=1S/C9H13N3O2/c1-14-8-4-7(13)11-9(12-8)6-2-3-10-5-6/h4,6,10H,2-3,5H2,1H3,(H,11,12,13). The van der Waals surface area contributed by atoms with Gasteiger partial charge >= 0.3 is 0 Å². The first-order valence-corrected chi connectivity index (χ1v) is 4.65. The van der Waals surface area contributed by atoms with Crippen LogP contribution in [0.2, 0.25) is 0 Å². The maximum absolute atomic E-state index is 11.2. The van der Waals surface area contributed by atoms with Crippen LogP contribution in [0.3, 0.4) is 0 Å². The maximum Gasteiger partial charge on any atom is 0.254 e. The van der Waals surface area contributed by atoms with Gasteiger partial charge in [-0.3, -0.25) is 4.79 Å². The van der Waals surface area contributed by atoms with Crippen LogP contribution in [0, 0.1) is 0 Å². The van der Waals surface area contributed by atoms with Crippen molar-refractivity contribution in [2.75, 3.05) is 20.2 Å². The summed E-state index contributed by atoms with van der Waals surface area (Å²) in [5.41, 5.74) is -0.154. The molecule has 2 heterocycles. The van der Waals surface area contributed by atoms with Crippen molar-refractivity contribution in [3.63, 3.8) is 0 Å². The number of nitrogens with zero attached hydrogens (tertiary/aromatic N) is 1. The van der Waals surface area contributed by atoms with Crippen LogP contribution < -0.4 is 15.6 Å². The lowest BCUT2D eigenvalue weighted by atomic mass is 10.1. The molecule has 1 saturated heterocycles. The van der Waals surface area contributed by atoms with Crippen LogP contribution in [0.25, 0.3) is 0 Å². The molecule has 1 unspecified atom stereocenters. The molecule has 1 aromatic rings. The molecule has 0 aliphatic carbocycles. The Labute approximate surface area is 81.5 Å². The van der Waals surface area contributed by atoms with Crippen LogP contribution in [0.5, 0.6) is 5.88 Å². The summed E-state index contributed by atoms with van der Waals surface area (Å²) in [6, 6.07) is 1.35. The van der Waals surface area contributed by atoms with Crippen molar-refractivity contribution in [2.24, 2.45) is 0 Å². The lowest BCUT2D eigenvalue weighted by molar-refractivity contribution is 0.392. The van der Waals surface area contributed by atoms with Crippen molar-refractivity contribution >= 4 is 0 Å². The highest BCUT2D eigenvalue weighted by Crippen LogP contribution is 2.18. The van der Waals surface area contributed by atoms with Crippen LogP contribution in [-0.4, -0.2) is 30.2 Å². The molecule has 0 bridgehead atoms. The Balaban J connectivity index is 2.32. The second kappa shape index (κ2) is 3.79. The zero-order valence-electron chi connectivity index (χ0n) is 8.04. The molecule has 1 atom stereocenters. The van der Waals surface area contributed by atoms with Crippen LogP contribution in [0.4, 0.5) is 0 Å². The number of aromatic amines is 1. The molecule has 0 aromatic carbocycles. The topological polar surface area (TPSA) is 67.0 Å². The number of nitrogens with one attached hydrogen (secondary N) is 2. The molecular formula is C9H13N3O2. The number of hydrogen-bond donors (Lipinski definition) is 2. The fraction of sp³-hybridized carbons (Fsp3) is 0.556. The second-order valence-corrected chi connectivity index (χ2v) is 3.36. The molecule has 0 amide bonds. The van der Waals surface area contributed by atoms with E-state index in [4.69, 9.17) is 4.74 Å². The van der Waals surface area contributed by atoms with Gasteiger partial charge in [-0.2, -0.15) is 4.98 Å². The molecular weight excluding hydrogens is 182 g/mol. The van der Waals surface area contributed by atoms with Crippen molar-refractivity contribution < 1.29 is 4.74 Å². The SMILES string of the molecule is COc1cc(=O)[nH]c(C2CCNC2)n1. The summed E-state index contributed by atoms with van der Waals surface area (Å²) in [6.07, 6.45) is 1.01. The Bertz CT molecular complexity index is 369. The van der Waals surface area contributed by atoms with E-state index in [0.29, 0.717) is 11.8 Å². The third kappa shape index (κ3) is 1.77. The Hall–Kier alpha value is -1.36. The summed E-state index contributed by atoms with van der Waals surface area (Å²) in [6.45, 7) is 1.85. The van der Waals surface area contributed by atoms with Crippen LogP contribution in [-0.2, 0) is 0 Å². The minimum Gasteiger partial charge on any atom is -0.481 e. The molecule has 14 heavy (non-hydrogen) atoms. The van der Waals surface area contributed by atoms with Crippen molar-refractivity contribution in [1.29, 1.82) is 0 Å². The maximum atomic E-state index is 11.2. The Kier molecular flexibility index (Phi) is 2.49. The fourth-order valence-corrected chi connectivity index (χ4v) is 1.64. The smallest absolute Gasteiger partial charge is 0.254 e. The van der Waals surface area contributed by atoms with Crippen molar-refractivity contribution in [2.45, 2.75) is 12.3 Å². The molecule has 5 nitrogen and oxygen atoms in total. The largest absolute Gasteiger partial charge is 0.481 e. The van der Waals surface area contributed by atoms with E-state index < -0.39 is 0 Å². The zero-order chi connectivity index (χ0) is 9.97. The summed E-state index contributed by atoms with van der Waals surface area (Å²) >= 11 is 0. The van der Waals surface area contributed by atoms with Crippen LogP contribution in [0.15, 0.2) is 10.9 Å². The van der Waals surface area contributed by atoms with Crippen LogP contribution in [0.1, 0.15) is 18.2 Å². The van der Waals surface area contributed by atoms with E-state index in [1.165, 1.54) is 13.2 Å². The van der Waals surface area contributed by atoms with Gasteiger partial charge in [0, 0.05) is 12.5 Å². The minimum absolute atomic E-state index is 0.154. The Morgan fingerprint density at radius 1 is 1.64 bits per heavy atom. The van der Waals surface area contributed by atoms with Crippen molar-refractivity contribution in [1.82, 2.24) is 15.3 Å². The number of ether oxygens (including phenoxy) is 1. The zero-order valence-corrected chi connectivity index (χ0v) is 8.04. The number of H-pyrrole nitrogens is 1. The molecule has 1 aliphatic rings. The van der Waals surface area contributed by atoms with E-state index in [9.17, 15) is 4.79 Å². The van der Waals surface area contributed by atoms with Gasteiger partial charge < -0.3 is 15.0 Å². The van der Waals surface area contributed by atoms with Gasteiger partial charge in [0.2, 0.25) is 5.88 Å². The van der Waals surface area contributed by atoms with Gasteiger partial charge in [-0.25, -0.2) is 0 Å². The van der Waals surface area contributed by atoms with Gasteiger partial charge in [-0.1, -0.05) is 0 Å². The number of rotatable bonds is 2. The van der Waals surface area contributed by atoms with Crippen molar-refractivity contribution in [3.05, 3.63) is 22.2 Å². The van der Waals surface area contributed by atoms with Crippen molar-refractivity contribution in [3.8, 4) is 5.88 Å². The second-order valence-electron chi connectivity index (χ2n) is 3.36. The third-order valence-electron chi connectivity index (χ3n) is 2.39. The van der Waals surface area contributed by atoms with E-state index in [2.05, 4.69) is 15.3 Å². The molecule has 76 valence electrons. The predicted molar refractivity (Wildman–Crippen MR) is 51.6 cm³/mol. The van der Waals surface area contributed by atoms with Gasteiger partial charge in [-0.05, 0) is 13.0 Å². The molecule has 0 spiro atoms. The lowest BCUT2D eigenvalue weighted by Gasteiger charge is -2.07. The highest BCUT2D eigenvalue weighted by atomic mass is 16.5. The third-order valence-corrected chi connectivity index (χ3v) is 2.39. The van der Waals surface area contributed by atoms with Crippen LogP contribution >= 0.6 is 0 Å². The summed E-state index contributed by atoms with van der Waals surface area (Å²) < 4.78 is 4.94. The van der Waals surface area contributed by atoms with Gasteiger partial charge in [0.05, 0.1) is 13.2 Å². The monoisotopic (exact) mass is 195 g/mol. The van der Waals surface area contributed by atoms with Gasteiger partial charge in [-0.15, -0.1) is 0 Å². The first-order chi connectivity index (χ1) is 6.79. The highest BCUT2D eigenvalue weighted by molar-refractivity contribution is 5.12. The summed E-state index contributed by atoms with van der Waals surface area (Å²) in [5.74, 6) is 1.41. The Morgan fingerprint density at radius 2 is 2.50 bits per heavy atom. The molecule has 0 radical (unpaired) electrons. The number of methoxy groups -OCH3 is 1. The quantitative estimate of drug-likeness (QED) is 0.689. The van der Waals surface area contributed by atoms with Gasteiger partial charge in [0.25, 0.3) is 5.56 Å². The molecule has 5 heteroatoms.